The Kier molecular flexibility index (Phi) is 37.2. The summed E-state index contributed by atoms with van der Waals surface area (Å²) in [5.41, 5.74) is 0. The van der Waals surface area contributed by atoms with Gasteiger partial charge in [0.15, 0.2) is 0 Å². The van der Waals surface area contributed by atoms with Crippen molar-refractivity contribution < 1.29 is 20.1 Å². The van der Waals surface area contributed by atoms with E-state index in [1.165, 1.54) is 141 Å². The first kappa shape index (κ1) is 46.6. The van der Waals surface area contributed by atoms with Crippen LogP contribution in [-0.2, 0) is 4.79 Å². The van der Waals surface area contributed by atoms with Crippen molar-refractivity contribution in [3.05, 3.63) is 36.5 Å². The number of nitrogens with one attached hydrogen (secondary N) is 1. The number of rotatable bonds is 37. The van der Waals surface area contributed by atoms with E-state index in [0.717, 1.165) is 44.9 Å². The number of allylic oxidation sites excluding steroid dienone is 5. The molecular formula is C43H81NO4. The van der Waals surface area contributed by atoms with Gasteiger partial charge in [-0.1, -0.05) is 198 Å². The zero-order valence-corrected chi connectivity index (χ0v) is 31.9. The first-order chi connectivity index (χ1) is 23.6. The van der Waals surface area contributed by atoms with E-state index in [1.54, 1.807) is 6.08 Å². The van der Waals surface area contributed by atoms with Gasteiger partial charge in [-0.15, -0.1) is 0 Å². The Morgan fingerprint density at radius 1 is 0.500 bits per heavy atom. The third-order valence-corrected chi connectivity index (χ3v) is 9.46. The van der Waals surface area contributed by atoms with Crippen LogP contribution in [0, 0.1) is 0 Å². The standard InChI is InChI=1S/C43H81NO4/c1-3-5-7-9-11-13-15-17-19-20-21-22-23-24-26-27-29-31-33-35-37-41(46)40(39-45)44-43(48)42(47)38-36-34-32-30-28-25-18-16-14-12-10-8-6-4-2/h22-23,27,29,35,37,40-42,45-47H,3-21,24-26,28,30-34,36,38-39H2,1-2H3,(H,44,48)/b23-22+,29-27+,37-35+. The molecule has 0 saturated carbocycles. The minimum Gasteiger partial charge on any atom is -0.394 e. The number of hydrogen-bond acceptors (Lipinski definition) is 4. The molecule has 0 radical (unpaired) electrons. The second kappa shape index (κ2) is 38.4. The van der Waals surface area contributed by atoms with E-state index in [2.05, 4.69) is 43.5 Å². The number of unbranched alkanes of at least 4 members (excludes halogenated alkanes) is 25. The zero-order chi connectivity index (χ0) is 35.2. The van der Waals surface area contributed by atoms with Gasteiger partial charge in [0.2, 0.25) is 5.91 Å². The molecule has 282 valence electrons. The van der Waals surface area contributed by atoms with Crippen LogP contribution in [0.5, 0.6) is 0 Å². The fraction of sp³-hybridized carbons (Fsp3) is 0.837. The van der Waals surface area contributed by atoms with E-state index >= 15 is 0 Å². The molecule has 5 heteroatoms. The summed E-state index contributed by atoms with van der Waals surface area (Å²) in [7, 11) is 0. The van der Waals surface area contributed by atoms with Gasteiger partial charge in [0.1, 0.15) is 6.10 Å². The summed E-state index contributed by atoms with van der Waals surface area (Å²) >= 11 is 0. The van der Waals surface area contributed by atoms with Gasteiger partial charge in [-0.25, -0.2) is 0 Å². The van der Waals surface area contributed by atoms with Crippen LogP contribution in [-0.4, -0.2) is 46.1 Å². The Hall–Kier alpha value is -1.43. The van der Waals surface area contributed by atoms with Gasteiger partial charge in [-0.3, -0.25) is 4.79 Å². The third-order valence-electron chi connectivity index (χ3n) is 9.46. The minimum atomic E-state index is -1.10. The van der Waals surface area contributed by atoms with E-state index in [1.807, 2.05) is 6.08 Å². The summed E-state index contributed by atoms with van der Waals surface area (Å²) in [5, 5.41) is 33.0. The Morgan fingerprint density at radius 3 is 1.27 bits per heavy atom. The quantitative estimate of drug-likeness (QED) is 0.0390. The molecular weight excluding hydrogens is 594 g/mol. The maximum Gasteiger partial charge on any atom is 0.249 e. The summed E-state index contributed by atoms with van der Waals surface area (Å²) < 4.78 is 0. The third kappa shape index (κ3) is 33.1. The predicted molar refractivity (Wildman–Crippen MR) is 208 cm³/mol. The minimum absolute atomic E-state index is 0.380. The van der Waals surface area contributed by atoms with Crippen LogP contribution >= 0.6 is 0 Å². The smallest absolute Gasteiger partial charge is 0.249 e. The van der Waals surface area contributed by atoms with Gasteiger partial charge in [0, 0.05) is 0 Å². The number of aliphatic hydroxyl groups excluding tert-OH is 3. The average molecular weight is 676 g/mol. The monoisotopic (exact) mass is 676 g/mol. The molecule has 48 heavy (non-hydrogen) atoms. The lowest BCUT2D eigenvalue weighted by atomic mass is 10.0. The molecule has 0 aromatic rings. The fourth-order valence-electron chi connectivity index (χ4n) is 6.16. The second-order valence-corrected chi connectivity index (χ2v) is 14.2. The highest BCUT2D eigenvalue weighted by molar-refractivity contribution is 5.80. The molecule has 0 aliphatic heterocycles. The van der Waals surface area contributed by atoms with Crippen LogP contribution in [0.3, 0.4) is 0 Å². The Morgan fingerprint density at radius 2 is 0.854 bits per heavy atom. The van der Waals surface area contributed by atoms with Crippen molar-refractivity contribution in [2.75, 3.05) is 6.61 Å². The first-order valence-electron chi connectivity index (χ1n) is 20.8. The lowest BCUT2D eigenvalue weighted by molar-refractivity contribution is -0.131. The van der Waals surface area contributed by atoms with Gasteiger partial charge < -0.3 is 20.6 Å². The summed E-state index contributed by atoms with van der Waals surface area (Å²) in [4.78, 5) is 12.4. The maximum atomic E-state index is 12.4. The van der Waals surface area contributed by atoms with Crippen molar-refractivity contribution in [3.63, 3.8) is 0 Å². The SMILES string of the molecule is CCCCCCCCCCCC/C=C/CC/C=C/CC/C=C/C(O)C(CO)NC(=O)C(O)CCCCCCCCCCCCCCCC. The van der Waals surface area contributed by atoms with Gasteiger partial charge in [-0.2, -0.15) is 0 Å². The molecule has 0 rings (SSSR count). The van der Waals surface area contributed by atoms with Crippen molar-refractivity contribution in [1.82, 2.24) is 5.32 Å². The summed E-state index contributed by atoms with van der Waals surface area (Å²) in [6.07, 6.45) is 47.4. The molecule has 3 unspecified atom stereocenters. The zero-order valence-electron chi connectivity index (χ0n) is 31.9. The number of carbonyl (C=O) groups is 1. The predicted octanol–water partition coefficient (Wildman–Crippen LogP) is 11.6. The van der Waals surface area contributed by atoms with Gasteiger partial charge in [0.05, 0.1) is 18.8 Å². The Balaban J connectivity index is 3.77. The molecule has 5 nitrogen and oxygen atoms in total. The summed E-state index contributed by atoms with van der Waals surface area (Å²) in [5.74, 6) is -0.517. The van der Waals surface area contributed by atoms with Crippen LogP contribution in [0.2, 0.25) is 0 Å². The molecule has 0 saturated heterocycles. The number of aliphatic hydroxyl groups is 3. The van der Waals surface area contributed by atoms with E-state index in [-0.39, 0.29) is 6.61 Å². The number of carbonyl (C=O) groups excluding carboxylic acids is 1. The normalized spacial score (nSPS) is 14.0. The number of amides is 1. The molecule has 0 aromatic heterocycles. The molecule has 4 N–H and O–H groups in total. The van der Waals surface area contributed by atoms with Crippen molar-refractivity contribution in [1.29, 1.82) is 0 Å². The molecule has 0 fully saturated rings. The highest BCUT2D eigenvalue weighted by Gasteiger charge is 2.22. The van der Waals surface area contributed by atoms with Crippen molar-refractivity contribution in [2.24, 2.45) is 0 Å². The second-order valence-electron chi connectivity index (χ2n) is 14.2. The summed E-state index contributed by atoms with van der Waals surface area (Å²) in [6, 6.07) is -0.817. The Bertz CT molecular complexity index is 749. The maximum absolute atomic E-state index is 12.4. The molecule has 1 amide bonds. The molecule has 0 spiro atoms. The first-order valence-corrected chi connectivity index (χ1v) is 20.8. The van der Waals surface area contributed by atoms with E-state index in [4.69, 9.17) is 0 Å². The van der Waals surface area contributed by atoms with Gasteiger partial charge >= 0.3 is 0 Å². The van der Waals surface area contributed by atoms with E-state index in [9.17, 15) is 20.1 Å². The van der Waals surface area contributed by atoms with Gasteiger partial charge in [-0.05, 0) is 44.9 Å². The number of hydrogen-bond donors (Lipinski definition) is 4. The van der Waals surface area contributed by atoms with Crippen LogP contribution in [0.1, 0.15) is 206 Å². The van der Waals surface area contributed by atoms with Crippen molar-refractivity contribution >= 4 is 5.91 Å². The van der Waals surface area contributed by atoms with Crippen molar-refractivity contribution in [3.8, 4) is 0 Å². The Labute approximate surface area is 298 Å². The van der Waals surface area contributed by atoms with E-state index in [0.29, 0.717) is 6.42 Å². The fourth-order valence-corrected chi connectivity index (χ4v) is 6.16. The molecule has 0 aromatic carbocycles. The largest absolute Gasteiger partial charge is 0.394 e. The van der Waals surface area contributed by atoms with Crippen molar-refractivity contribution in [2.45, 2.75) is 225 Å². The lowest BCUT2D eigenvalue weighted by Gasteiger charge is -2.21. The van der Waals surface area contributed by atoms with Gasteiger partial charge in [0.25, 0.3) is 0 Å². The lowest BCUT2D eigenvalue weighted by Crippen LogP contribution is -2.48. The molecule has 0 aliphatic carbocycles. The van der Waals surface area contributed by atoms with Crippen LogP contribution in [0.15, 0.2) is 36.5 Å². The molecule has 0 heterocycles. The topological polar surface area (TPSA) is 89.8 Å². The average Bonchev–Trinajstić information content (AvgIpc) is 3.09. The van der Waals surface area contributed by atoms with Crippen LogP contribution in [0.25, 0.3) is 0 Å². The van der Waals surface area contributed by atoms with E-state index < -0.39 is 24.2 Å². The highest BCUT2D eigenvalue weighted by atomic mass is 16.3. The molecule has 0 aliphatic rings. The van der Waals surface area contributed by atoms with Crippen LogP contribution < -0.4 is 5.32 Å². The highest BCUT2D eigenvalue weighted by Crippen LogP contribution is 2.15. The molecule has 0 bridgehead atoms. The summed E-state index contributed by atoms with van der Waals surface area (Å²) in [6.45, 7) is 4.16. The molecule has 3 atom stereocenters. The van der Waals surface area contributed by atoms with Crippen LogP contribution in [0.4, 0.5) is 0 Å².